The summed E-state index contributed by atoms with van der Waals surface area (Å²) in [4.78, 5) is 0. The first-order chi connectivity index (χ1) is 4.61. The van der Waals surface area contributed by atoms with E-state index in [0.29, 0.717) is 0 Å². The molecule has 11 heavy (non-hydrogen) atoms. The van der Waals surface area contributed by atoms with Crippen LogP contribution >= 0.6 is 46.6 Å². The van der Waals surface area contributed by atoms with Crippen molar-refractivity contribution < 1.29 is 0 Å². The number of benzene rings is 1. The zero-order valence-corrected chi connectivity index (χ0v) is 11.4. The van der Waals surface area contributed by atoms with Crippen LogP contribution in [0.25, 0.3) is 0 Å². The molecule has 0 saturated carbocycles. The van der Waals surface area contributed by atoms with Gasteiger partial charge in [-0.15, -0.1) is 24.0 Å². The Hall–Kier alpha value is 0.680. The van der Waals surface area contributed by atoms with Crippen LogP contribution in [0.5, 0.6) is 0 Å². The summed E-state index contributed by atoms with van der Waals surface area (Å²) >= 11 is 2.39. The number of halogens is 2. The molecule has 0 bridgehead atoms. The number of aryl methyl sites for hydroxylation is 3. The topological polar surface area (TPSA) is 0 Å². The number of rotatable bonds is 0. The van der Waals surface area contributed by atoms with Crippen molar-refractivity contribution in [1.82, 2.24) is 0 Å². The molecule has 0 N–H and O–H groups in total. The van der Waals surface area contributed by atoms with E-state index < -0.39 is 0 Å². The molecule has 0 aliphatic carbocycles. The second-order valence-corrected chi connectivity index (χ2v) is 3.79. The van der Waals surface area contributed by atoms with Gasteiger partial charge in [0.2, 0.25) is 0 Å². The van der Waals surface area contributed by atoms with Crippen molar-refractivity contribution in [2.45, 2.75) is 20.8 Å². The van der Waals surface area contributed by atoms with Crippen LogP contribution in [0, 0.1) is 24.3 Å². The summed E-state index contributed by atoms with van der Waals surface area (Å²) in [6.07, 6.45) is 0. The SMILES string of the molecule is Cc1cc(C)c(I)c(C)c1.I. The molecule has 1 aromatic rings. The van der Waals surface area contributed by atoms with Crippen LogP contribution in [0.2, 0.25) is 0 Å². The zero-order chi connectivity index (χ0) is 7.72. The van der Waals surface area contributed by atoms with Crippen LogP contribution < -0.4 is 0 Å². The van der Waals surface area contributed by atoms with Gasteiger partial charge in [0.25, 0.3) is 0 Å². The van der Waals surface area contributed by atoms with Gasteiger partial charge in [0.1, 0.15) is 0 Å². The molecule has 62 valence electrons. The van der Waals surface area contributed by atoms with Crippen molar-refractivity contribution in [3.8, 4) is 0 Å². The smallest absolute Gasteiger partial charge is 0.0188 e. The van der Waals surface area contributed by atoms with Crippen LogP contribution in [-0.4, -0.2) is 0 Å². The molecule has 0 unspecified atom stereocenters. The third kappa shape index (κ3) is 2.89. The van der Waals surface area contributed by atoms with E-state index in [1.54, 1.807) is 0 Å². The van der Waals surface area contributed by atoms with E-state index in [1.165, 1.54) is 20.3 Å². The lowest BCUT2D eigenvalue weighted by Gasteiger charge is -2.03. The molecule has 1 aromatic carbocycles. The molecule has 1 rings (SSSR count). The van der Waals surface area contributed by atoms with E-state index in [9.17, 15) is 0 Å². The van der Waals surface area contributed by atoms with Crippen molar-refractivity contribution in [3.05, 3.63) is 32.4 Å². The van der Waals surface area contributed by atoms with Gasteiger partial charge in [0.15, 0.2) is 0 Å². The van der Waals surface area contributed by atoms with Crippen molar-refractivity contribution in [2.75, 3.05) is 0 Å². The Morgan fingerprint density at radius 2 is 1.36 bits per heavy atom. The second kappa shape index (κ2) is 4.64. The predicted octanol–water partition coefficient (Wildman–Crippen LogP) is 3.83. The van der Waals surface area contributed by atoms with Crippen LogP contribution in [0.3, 0.4) is 0 Å². The quantitative estimate of drug-likeness (QED) is 0.606. The maximum atomic E-state index is 2.39. The summed E-state index contributed by atoms with van der Waals surface area (Å²) in [5, 5.41) is 0. The highest BCUT2D eigenvalue weighted by Crippen LogP contribution is 2.17. The molecular formula is C9H12I2. The van der Waals surface area contributed by atoms with E-state index in [1.807, 2.05) is 0 Å². The lowest BCUT2D eigenvalue weighted by molar-refractivity contribution is 1.29. The lowest BCUT2D eigenvalue weighted by Crippen LogP contribution is -1.86. The Morgan fingerprint density at radius 3 is 1.73 bits per heavy atom. The summed E-state index contributed by atoms with van der Waals surface area (Å²) < 4.78 is 1.39. The molecule has 0 spiro atoms. The minimum absolute atomic E-state index is 0. The zero-order valence-electron chi connectivity index (χ0n) is 6.94. The molecule has 0 atom stereocenters. The summed E-state index contributed by atoms with van der Waals surface area (Å²) in [5.41, 5.74) is 4.13. The Kier molecular flexibility index (Phi) is 4.93. The minimum atomic E-state index is 0. The summed E-state index contributed by atoms with van der Waals surface area (Å²) in [5.74, 6) is 0. The van der Waals surface area contributed by atoms with Gasteiger partial charge in [-0.1, -0.05) is 17.7 Å². The molecule has 0 heterocycles. The summed E-state index contributed by atoms with van der Waals surface area (Å²) in [6, 6.07) is 4.43. The Bertz CT molecular complexity index is 231. The fourth-order valence-electron chi connectivity index (χ4n) is 1.16. The van der Waals surface area contributed by atoms with Crippen molar-refractivity contribution in [2.24, 2.45) is 0 Å². The third-order valence-electron chi connectivity index (χ3n) is 1.58. The Labute approximate surface area is 98.9 Å². The molecule has 0 nitrogen and oxygen atoms in total. The van der Waals surface area contributed by atoms with Crippen molar-refractivity contribution in [3.63, 3.8) is 0 Å². The maximum absolute atomic E-state index is 2.39. The highest BCUT2D eigenvalue weighted by molar-refractivity contribution is 14.1. The average Bonchev–Trinajstić information content (AvgIpc) is 1.82. The predicted molar refractivity (Wildman–Crippen MR) is 68.8 cm³/mol. The Morgan fingerprint density at radius 1 is 1.00 bits per heavy atom. The Balaban J connectivity index is 0.000001000. The molecular weight excluding hydrogens is 362 g/mol. The fourth-order valence-corrected chi connectivity index (χ4v) is 1.47. The molecule has 0 radical (unpaired) electrons. The van der Waals surface area contributed by atoms with Gasteiger partial charge < -0.3 is 0 Å². The van der Waals surface area contributed by atoms with E-state index >= 15 is 0 Å². The molecule has 2 heteroatoms. The van der Waals surface area contributed by atoms with Gasteiger partial charge in [-0.05, 0) is 54.5 Å². The molecule has 0 aromatic heterocycles. The van der Waals surface area contributed by atoms with Crippen molar-refractivity contribution >= 4 is 46.6 Å². The van der Waals surface area contributed by atoms with Gasteiger partial charge in [-0.2, -0.15) is 0 Å². The normalized spacial score (nSPS) is 9.09. The lowest BCUT2D eigenvalue weighted by atomic mass is 10.1. The first-order valence-electron chi connectivity index (χ1n) is 3.34. The fraction of sp³-hybridized carbons (Fsp3) is 0.333. The summed E-state index contributed by atoms with van der Waals surface area (Å²) in [6.45, 7) is 6.44. The molecule has 0 fully saturated rings. The second-order valence-electron chi connectivity index (χ2n) is 2.71. The van der Waals surface area contributed by atoms with Crippen molar-refractivity contribution in [1.29, 1.82) is 0 Å². The van der Waals surface area contributed by atoms with Gasteiger partial charge in [0.05, 0.1) is 0 Å². The van der Waals surface area contributed by atoms with Gasteiger partial charge in [0, 0.05) is 3.57 Å². The summed E-state index contributed by atoms with van der Waals surface area (Å²) in [7, 11) is 0. The average molecular weight is 374 g/mol. The highest BCUT2D eigenvalue weighted by atomic mass is 127. The minimum Gasteiger partial charge on any atom is -0.107 e. The van der Waals surface area contributed by atoms with Crippen LogP contribution in [0.15, 0.2) is 12.1 Å². The van der Waals surface area contributed by atoms with E-state index in [2.05, 4.69) is 55.5 Å². The van der Waals surface area contributed by atoms with E-state index in [-0.39, 0.29) is 24.0 Å². The standard InChI is InChI=1S/C9H11I.HI/c1-6-4-7(2)9(10)8(3)5-6;/h4-5H,1-3H3;1H. The highest BCUT2D eigenvalue weighted by Gasteiger charge is 1.97. The van der Waals surface area contributed by atoms with E-state index in [4.69, 9.17) is 0 Å². The first kappa shape index (κ1) is 11.7. The third-order valence-corrected chi connectivity index (χ3v) is 3.28. The number of hydrogen-bond donors (Lipinski definition) is 0. The van der Waals surface area contributed by atoms with Crippen LogP contribution in [0.4, 0.5) is 0 Å². The van der Waals surface area contributed by atoms with E-state index in [0.717, 1.165) is 0 Å². The largest absolute Gasteiger partial charge is 0.107 e. The molecule has 0 aliphatic heterocycles. The van der Waals surface area contributed by atoms with Gasteiger partial charge in [-0.25, -0.2) is 0 Å². The monoisotopic (exact) mass is 374 g/mol. The number of hydrogen-bond acceptors (Lipinski definition) is 0. The molecule has 0 amide bonds. The first-order valence-corrected chi connectivity index (χ1v) is 4.42. The van der Waals surface area contributed by atoms with Gasteiger partial charge >= 0.3 is 0 Å². The van der Waals surface area contributed by atoms with Crippen LogP contribution in [0.1, 0.15) is 16.7 Å². The van der Waals surface area contributed by atoms with Gasteiger partial charge in [-0.3, -0.25) is 0 Å². The van der Waals surface area contributed by atoms with Crippen LogP contribution in [-0.2, 0) is 0 Å². The molecule has 0 aliphatic rings. The maximum Gasteiger partial charge on any atom is 0.0188 e. The molecule has 0 saturated heterocycles.